The predicted octanol–water partition coefficient (Wildman–Crippen LogP) is 4.26. The van der Waals surface area contributed by atoms with Gasteiger partial charge in [0.25, 0.3) is 5.91 Å². The van der Waals surface area contributed by atoms with Gasteiger partial charge in [-0.15, -0.1) is 0 Å². The number of anilines is 1. The van der Waals surface area contributed by atoms with Crippen LogP contribution in [0.5, 0.6) is 0 Å². The number of hydrogen-bond donors (Lipinski definition) is 1. The molecule has 4 nitrogen and oxygen atoms in total. The molecule has 1 atom stereocenters. The number of nitrogens with one attached hydrogen (secondary N) is 1. The van der Waals surface area contributed by atoms with E-state index in [4.69, 9.17) is 28.0 Å². The van der Waals surface area contributed by atoms with Crippen molar-refractivity contribution in [3.8, 4) is 0 Å². The van der Waals surface area contributed by atoms with Crippen LogP contribution in [0.2, 0.25) is 10.0 Å². The van der Waals surface area contributed by atoms with Crippen molar-refractivity contribution in [2.45, 2.75) is 12.5 Å². The van der Waals surface area contributed by atoms with E-state index in [2.05, 4.69) is 10.5 Å². The summed E-state index contributed by atoms with van der Waals surface area (Å²) in [5, 5.41) is 7.20. The van der Waals surface area contributed by atoms with Gasteiger partial charge in [-0.2, -0.15) is 0 Å². The third-order valence-electron chi connectivity index (χ3n) is 3.30. The van der Waals surface area contributed by atoms with Gasteiger partial charge in [-0.1, -0.05) is 40.5 Å². The Labute approximate surface area is 141 Å². The van der Waals surface area contributed by atoms with Crippen LogP contribution < -0.4 is 5.32 Å². The third kappa shape index (κ3) is 3.46. The lowest BCUT2D eigenvalue weighted by molar-refractivity contribution is -0.125. The summed E-state index contributed by atoms with van der Waals surface area (Å²) in [5.74, 6) is -0.894. The van der Waals surface area contributed by atoms with Crippen LogP contribution in [-0.4, -0.2) is 17.7 Å². The smallest absolute Gasteiger partial charge is 0.268 e. The summed E-state index contributed by atoms with van der Waals surface area (Å²) in [7, 11) is 0. The number of rotatable bonds is 3. The molecule has 1 N–H and O–H groups in total. The first-order chi connectivity index (χ1) is 11.0. The fourth-order valence-corrected chi connectivity index (χ4v) is 2.69. The molecule has 1 heterocycles. The van der Waals surface area contributed by atoms with Gasteiger partial charge in [0.05, 0.1) is 16.3 Å². The van der Waals surface area contributed by atoms with Gasteiger partial charge < -0.3 is 10.2 Å². The highest BCUT2D eigenvalue weighted by atomic mass is 35.5. The second-order valence-electron chi connectivity index (χ2n) is 4.93. The van der Waals surface area contributed by atoms with Gasteiger partial charge >= 0.3 is 0 Å². The van der Waals surface area contributed by atoms with Crippen LogP contribution in [0.25, 0.3) is 0 Å². The van der Waals surface area contributed by atoms with Gasteiger partial charge in [-0.3, -0.25) is 4.79 Å². The standard InChI is InChI=1S/C16H11Cl2FN2O2/c17-9-3-1-4-10(7-9)20-16(22)14-8-13(21-23-14)15-11(18)5-2-6-12(15)19/h1-7,14H,8H2,(H,20,22). The zero-order valence-electron chi connectivity index (χ0n) is 11.7. The molecule has 2 aromatic carbocycles. The fourth-order valence-electron chi connectivity index (χ4n) is 2.23. The van der Waals surface area contributed by atoms with Gasteiger partial charge in [-0.25, -0.2) is 4.39 Å². The van der Waals surface area contributed by atoms with E-state index < -0.39 is 17.8 Å². The number of nitrogens with zero attached hydrogens (tertiary/aromatic N) is 1. The van der Waals surface area contributed by atoms with Gasteiger partial charge in [0, 0.05) is 17.1 Å². The molecule has 1 aliphatic heterocycles. The van der Waals surface area contributed by atoms with E-state index in [9.17, 15) is 9.18 Å². The Balaban J connectivity index is 1.70. The Hall–Kier alpha value is -2.11. The van der Waals surface area contributed by atoms with Crippen molar-refractivity contribution in [3.05, 3.63) is 63.9 Å². The van der Waals surface area contributed by atoms with E-state index in [-0.39, 0.29) is 17.0 Å². The fraction of sp³-hybridized carbons (Fsp3) is 0.125. The zero-order valence-corrected chi connectivity index (χ0v) is 13.2. The van der Waals surface area contributed by atoms with Crippen LogP contribution >= 0.6 is 23.2 Å². The molecule has 0 fully saturated rings. The lowest BCUT2D eigenvalue weighted by Gasteiger charge is -2.10. The second-order valence-corrected chi connectivity index (χ2v) is 5.78. The molecule has 3 rings (SSSR count). The monoisotopic (exact) mass is 352 g/mol. The normalized spacial score (nSPS) is 16.7. The maximum absolute atomic E-state index is 13.9. The van der Waals surface area contributed by atoms with Gasteiger partial charge in [-0.05, 0) is 30.3 Å². The molecule has 1 unspecified atom stereocenters. The highest BCUT2D eigenvalue weighted by Crippen LogP contribution is 2.26. The molecule has 7 heteroatoms. The highest BCUT2D eigenvalue weighted by molar-refractivity contribution is 6.34. The molecule has 0 saturated carbocycles. The Morgan fingerprint density at radius 3 is 2.78 bits per heavy atom. The summed E-state index contributed by atoms with van der Waals surface area (Å²) in [5.41, 5.74) is 1.01. The summed E-state index contributed by atoms with van der Waals surface area (Å²) >= 11 is 11.9. The molecule has 2 aromatic rings. The third-order valence-corrected chi connectivity index (χ3v) is 3.85. The van der Waals surface area contributed by atoms with Crippen LogP contribution in [0.3, 0.4) is 0 Å². The Kier molecular flexibility index (Phi) is 4.50. The Morgan fingerprint density at radius 1 is 1.26 bits per heavy atom. The number of benzene rings is 2. The molecule has 0 radical (unpaired) electrons. The first-order valence-electron chi connectivity index (χ1n) is 6.78. The first-order valence-corrected chi connectivity index (χ1v) is 7.53. The molecule has 118 valence electrons. The number of amides is 1. The lowest BCUT2D eigenvalue weighted by Crippen LogP contribution is -2.28. The van der Waals surface area contributed by atoms with Crippen molar-refractivity contribution >= 4 is 40.5 Å². The average Bonchev–Trinajstić information content (AvgIpc) is 2.97. The molecule has 0 bridgehead atoms. The van der Waals surface area contributed by atoms with Crippen LogP contribution in [0, 0.1) is 5.82 Å². The van der Waals surface area contributed by atoms with E-state index in [0.29, 0.717) is 16.4 Å². The summed E-state index contributed by atoms with van der Waals surface area (Å²) in [6, 6.07) is 11.1. The van der Waals surface area contributed by atoms with Gasteiger partial charge in [0.2, 0.25) is 6.10 Å². The highest BCUT2D eigenvalue weighted by Gasteiger charge is 2.31. The van der Waals surface area contributed by atoms with Crippen molar-refractivity contribution in [3.63, 3.8) is 0 Å². The largest absolute Gasteiger partial charge is 0.382 e. The summed E-state index contributed by atoms with van der Waals surface area (Å²) in [6.45, 7) is 0. The van der Waals surface area contributed by atoms with Crippen LogP contribution in [0.4, 0.5) is 10.1 Å². The van der Waals surface area contributed by atoms with E-state index in [1.165, 1.54) is 12.1 Å². The SMILES string of the molecule is O=C(Nc1cccc(Cl)c1)C1CC(c2c(F)cccc2Cl)=NO1. The van der Waals surface area contributed by atoms with Crippen LogP contribution in [0.1, 0.15) is 12.0 Å². The number of carbonyl (C=O) groups excluding carboxylic acids is 1. The lowest BCUT2D eigenvalue weighted by atomic mass is 10.0. The first kappa shape index (κ1) is 15.8. The number of oxime groups is 1. The molecule has 0 saturated heterocycles. The van der Waals surface area contributed by atoms with Crippen LogP contribution in [0.15, 0.2) is 47.6 Å². The van der Waals surface area contributed by atoms with Crippen LogP contribution in [-0.2, 0) is 9.63 Å². The van der Waals surface area contributed by atoms with Crippen molar-refractivity contribution in [1.82, 2.24) is 0 Å². The quantitative estimate of drug-likeness (QED) is 0.896. The minimum atomic E-state index is -0.848. The number of halogens is 3. The Bertz CT molecular complexity index is 775. The number of carbonyl (C=O) groups is 1. The van der Waals surface area contributed by atoms with Crippen molar-refractivity contribution in [1.29, 1.82) is 0 Å². The minimum absolute atomic E-state index is 0.132. The average molecular weight is 353 g/mol. The van der Waals surface area contributed by atoms with Crippen molar-refractivity contribution in [2.75, 3.05) is 5.32 Å². The summed E-state index contributed by atoms with van der Waals surface area (Å²) in [6.07, 6.45) is -0.716. The topological polar surface area (TPSA) is 50.7 Å². The minimum Gasteiger partial charge on any atom is -0.382 e. The van der Waals surface area contributed by atoms with Gasteiger partial charge in [0.15, 0.2) is 0 Å². The molecular formula is C16H11Cl2FN2O2. The maximum atomic E-state index is 13.9. The molecule has 1 amide bonds. The summed E-state index contributed by atoms with van der Waals surface area (Å²) in [4.78, 5) is 17.3. The number of hydrogen-bond acceptors (Lipinski definition) is 3. The van der Waals surface area contributed by atoms with E-state index in [1.54, 1.807) is 30.3 Å². The molecule has 23 heavy (non-hydrogen) atoms. The Morgan fingerprint density at radius 2 is 2.04 bits per heavy atom. The van der Waals surface area contributed by atoms with Crippen molar-refractivity contribution in [2.24, 2.45) is 5.16 Å². The van der Waals surface area contributed by atoms with E-state index >= 15 is 0 Å². The summed E-state index contributed by atoms with van der Waals surface area (Å²) < 4.78 is 13.9. The molecule has 0 spiro atoms. The molecule has 0 aromatic heterocycles. The van der Waals surface area contributed by atoms with Crippen molar-refractivity contribution < 1.29 is 14.0 Å². The van der Waals surface area contributed by atoms with E-state index in [0.717, 1.165) is 0 Å². The molecular weight excluding hydrogens is 342 g/mol. The van der Waals surface area contributed by atoms with Gasteiger partial charge in [0.1, 0.15) is 5.82 Å². The maximum Gasteiger partial charge on any atom is 0.268 e. The molecule has 0 aliphatic carbocycles. The predicted molar refractivity (Wildman–Crippen MR) is 87.5 cm³/mol. The molecule has 1 aliphatic rings. The zero-order chi connectivity index (χ0) is 16.4. The van der Waals surface area contributed by atoms with E-state index in [1.807, 2.05) is 0 Å². The second kappa shape index (κ2) is 6.56.